The van der Waals surface area contributed by atoms with Gasteiger partial charge in [0, 0.05) is 31.1 Å². The van der Waals surface area contributed by atoms with Crippen molar-refractivity contribution < 1.29 is 14.3 Å². The topological polar surface area (TPSA) is 45.1 Å². The van der Waals surface area contributed by atoms with Crippen LogP contribution in [0.3, 0.4) is 0 Å². The van der Waals surface area contributed by atoms with Crippen molar-refractivity contribution in [2.75, 3.05) is 13.1 Å². The van der Waals surface area contributed by atoms with Gasteiger partial charge in [-0.3, -0.25) is 4.90 Å². The predicted octanol–water partition coefficient (Wildman–Crippen LogP) is 5.21. The summed E-state index contributed by atoms with van der Waals surface area (Å²) in [6.07, 6.45) is -0.152. The summed E-state index contributed by atoms with van der Waals surface area (Å²) in [7, 11) is 0. The Bertz CT molecular complexity index is 1030. The van der Waals surface area contributed by atoms with E-state index in [1.807, 2.05) is 54.6 Å². The Balaban J connectivity index is 1.44. The molecule has 1 heterocycles. The molecule has 0 amide bonds. The van der Waals surface area contributed by atoms with Gasteiger partial charge in [0.15, 0.2) is 0 Å². The van der Waals surface area contributed by atoms with Crippen LogP contribution in [0.2, 0.25) is 5.02 Å². The highest BCUT2D eigenvalue weighted by Gasteiger charge is 2.26. The van der Waals surface area contributed by atoms with Crippen LogP contribution in [-0.4, -0.2) is 34.9 Å². The lowest BCUT2D eigenvalue weighted by Gasteiger charge is -2.27. The molecule has 1 N–H and O–H groups in total. The summed E-state index contributed by atoms with van der Waals surface area (Å²) in [6.45, 7) is 1.66. The normalized spacial score (nSPS) is 16.8. The fourth-order valence-electron chi connectivity index (χ4n) is 3.75. The Hall–Kier alpha value is -2.73. The van der Waals surface area contributed by atoms with E-state index in [-0.39, 0.29) is 11.9 Å². The number of aliphatic hydroxyl groups is 1. The molecule has 0 aliphatic carbocycles. The zero-order valence-corrected chi connectivity index (χ0v) is 17.8. The SMILES string of the molecule is OC(CN(Cc1cccc(Cl)c1)CC1CC(c2ccc(F)cc2)=NO1)c1ccccc1. The van der Waals surface area contributed by atoms with Crippen molar-refractivity contribution >= 4 is 17.3 Å². The first kappa shape index (κ1) is 21.5. The van der Waals surface area contributed by atoms with Crippen molar-refractivity contribution in [1.82, 2.24) is 4.90 Å². The zero-order chi connectivity index (χ0) is 21.6. The molecular formula is C25H24ClFN2O2. The molecule has 4 rings (SSSR count). The molecule has 31 heavy (non-hydrogen) atoms. The van der Waals surface area contributed by atoms with Gasteiger partial charge in [-0.2, -0.15) is 0 Å². The molecule has 160 valence electrons. The highest BCUT2D eigenvalue weighted by atomic mass is 35.5. The van der Waals surface area contributed by atoms with Crippen LogP contribution in [0.4, 0.5) is 4.39 Å². The zero-order valence-electron chi connectivity index (χ0n) is 17.0. The number of hydrogen-bond acceptors (Lipinski definition) is 4. The summed E-state index contributed by atoms with van der Waals surface area (Å²) < 4.78 is 13.2. The van der Waals surface area contributed by atoms with Crippen LogP contribution in [-0.2, 0) is 11.4 Å². The minimum atomic E-state index is -0.626. The van der Waals surface area contributed by atoms with Crippen LogP contribution >= 0.6 is 11.6 Å². The molecule has 0 saturated carbocycles. The fraction of sp³-hybridized carbons (Fsp3) is 0.240. The lowest BCUT2D eigenvalue weighted by atomic mass is 10.0. The quantitative estimate of drug-likeness (QED) is 0.525. The third kappa shape index (κ3) is 5.91. The maximum atomic E-state index is 13.2. The molecule has 0 fully saturated rings. The van der Waals surface area contributed by atoms with Gasteiger partial charge in [-0.1, -0.05) is 71.4 Å². The number of halogens is 2. The Labute approximate surface area is 186 Å². The molecule has 0 aromatic heterocycles. The van der Waals surface area contributed by atoms with Gasteiger partial charge in [0.25, 0.3) is 0 Å². The molecule has 1 aliphatic rings. The summed E-state index contributed by atoms with van der Waals surface area (Å²) in [5, 5.41) is 15.7. The minimum Gasteiger partial charge on any atom is -0.390 e. The Morgan fingerprint density at radius 1 is 1.06 bits per heavy atom. The predicted molar refractivity (Wildman–Crippen MR) is 121 cm³/mol. The number of aliphatic hydroxyl groups excluding tert-OH is 1. The van der Waals surface area contributed by atoms with Gasteiger partial charge < -0.3 is 9.94 Å². The molecule has 0 saturated heterocycles. The second-order valence-corrected chi connectivity index (χ2v) is 8.16. The monoisotopic (exact) mass is 438 g/mol. The molecule has 2 unspecified atom stereocenters. The van der Waals surface area contributed by atoms with Crippen molar-refractivity contribution in [3.63, 3.8) is 0 Å². The Morgan fingerprint density at radius 3 is 2.58 bits per heavy atom. The summed E-state index contributed by atoms with van der Waals surface area (Å²) in [5.74, 6) is -0.276. The van der Waals surface area contributed by atoms with E-state index in [4.69, 9.17) is 16.4 Å². The van der Waals surface area contributed by atoms with Gasteiger partial charge in [0.05, 0.1) is 11.8 Å². The van der Waals surface area contributed by atoms with Gasteiger partial charge in [0.2, 0.25) is 0 Å². The molecular weight excluding hydrogens is 415 g/mol. The standard InChI is InChI=1S/C25H24ClFN2O2/c26-21-8-4-5-18(13-21)15-29(17-25(30)20-6-2-1-3-7-20)16-23-14-24(28-31-23)19-9-11-22(27)12-10-19/h1-13,23,25,30H,14-17H2. The van der Waals surface area contributed by atoms with Gasteiger partial charge in [0.1, 0.15) is 11.9 Å². The Morgan fingerprint density at radius 2 is 1.84 bits per heavy atom. The average Bonchev–Trinajstić information content (AvgIpc) is 3.23. The summed E-state index contributed by atoms with van der Waals surface area (Å²) in [5.41, 5.74) is 3.59. The summed E-state index contributed by atoms with van der Waals surface area (Å²) in [4.78, 5) is 7.82. The second-order valence-electron chi connectivity index (χ2n) is 7.73. The van der Waals surface area contributed by atoms with Crippen LogP contribution in [0.15, 0.2) is 84.0 Å². The third-order valence-electron chi connectivity index (χ3n) is 5.28. The van der Waals surface area contributed by atoms with Gasteiger partial charge in [-0.15, -0.1) is 0 Å². The van der Waals surface area contributed by atoms with Crippen LogP contribution in [0.1, 0.15) is 29.2 Å². The van der Waals surface area contributed by atoms with Crippen LogP contribution in [0, 0.1) is 5.82 Å². The highest BCUT2D eigenvalue weighted by molar-refractivity contribution is 6.30. The first-order valence-corrected chi connectivity index (χ1v) is 10.6. The van der Waals surface area contributed by atoms with Crippen molar-refractivity contribution in [3.05, 3.63) is 106 Å². The van der Waals surface area contributed by atoms with Gasteiger partial charge in [-0.25, -0.2) is 4.39 Å². The number of rotatable bonds is 8. The fourth-order valence-corrected chi connectivity index (χ4v) is 3.96. The maximum absolute atomic E-state index is 13.2. The van der Waals surface area contributed by atoms with E-state index >= 15 is 0 Å². The molecule has 0 bridgehead atoms. The van der Waals surface area contributed by atoms with Crippen molar-refractivity contribution in [1.29, 1.82) is 0 Å². The first-order chi connectivity index (χ1) is 15.1. The molecule has 0 spiro atoms. The Kier molecular flexibility index (Phi) is 6.97. The molecule has 3 aromatic carbocycles. The van der Waals surface area contributed by atoms with E-state index in [0.29, 0.717) is 31.1 Å². The number of oxime groups is 1. The smallest absolute Gasteiger partial charge is 0.145 e. The maximum Gasteiger partial charge on any atom is 0.145 e. The molecule has 0 radical (unpaired) electrons. The number of hydrogen-bond donors (Lipinski definition) is 1. The van der Waals surface area contributed by atoms with Crippen molar-refractivity contribution in [3.8, 4) is 0 Å². The first-order valence-electron chi connectivity index (χ1n) is 10.3. The van der Waals surface area contributed by atoms with E-state index in [2.05, 4.69) is 10.1 Å². The number of benzene rings is 3. The van der Waals surface area contributed by atoms with E-state index in [1.165, 1.54) is 12.1 Å². The highest BCUT2D eigenvalue weighted by Crippen LogP contribution is 2.22. The van der Waals surface area contributed by atoms with E-state index in [0.717, 1.165) is 22.4 Å². The minimum absolute atomic E-state index is 0.151. The summed E-state index contributed by atoms with van der Waals surface area (Å²) in [6, 6.07) is 23.6. The van der Waals surface area contributed by atoms with Gasteiger partial charge in [-0.05, 0) is 41.0 Å². The van der Waals surface area contributed by atoms with E-state index in [9.17, 15) is 9.50 Å². The molecule has 6 heteroatoms. The largest absolute Gasteiger partial charge is 0.390 e. The van der Waals surface area contributed by atoms with Gasteiger partial charge >= 0.3 is 0 Å². The van der Waals surface area contributed by atoms with Crippen molar-refractivity contribution in [2.24, 2.45) is 5.16 Å². The summed E-state index contributed by atoms with van der Waals surface area (Å²) >= 11 is 6.16. The lowest BCUT2D eigenvalue weighted by Crippen LogP contribution is -2.35. The molecule has 2 atom stereocenters. The number of nitrogens with zero attached hydrogens (tertiary/aromatic N) is 2. The second kappa shape index (κ2) is 10.1. The van der Waals surface area contributed by atoms with Crippen LogP contribution in [0.5, 0.6) is 0 Å². The molecule has 4 nitrogen and oxygen atoms in total. The van der Waals surface area contributed by atoms with E-state index in [1.54, 1.807) is 12.1 Å². The van der Waals surface area contributed by atoms with Crippen LogP contribution < -0.4 is 0 Å². The van der Waals surface area contributed by atoms with E-state index < -0.39 is 6.10 Å². The van der Waals surface area contributed by atoms with Crippen LogP contribution in [0.25, 0.3) is 0 Å². The van der Waals surface area contributed by atoms with Crippen molar-refractivity contribution in [2.45, 2.75) is 25.2 Å². The average molecular weight is 439 g/mol. The molecule has 1 aliphatic heterocycles. The third-order valence-corrected chi connectivity index (χ3v) is 5.52. The lowest BCUT2D eigenvalue weighted by molar-refractivity contribution is 0.0318. The molecule has 3 aromatic rings.